The molecule has 1 fully saturated rings. The van der Waals surface area contributed by atoms with Crippen LogP contribution in [0.2, 0.25) is 0 Å². The maximum atomic E-state index is 11.8. The Morgan fingerprint density at radius 2 is 2.20 bits per heavy atom. The summed E-state index contributed by atoms with van der Waals surface area (Å²) in [6.45, 7) is 3.22. The van der Waals surface area contributed by atoms with Crippen LogP contribution in [0.15, 0.2) is 18.2 Å². The smallest absolute Gasteiger partial charge is 0.269 e. The lowest BCUT2D eigenvalue weighted by Gasteiger charge is -2.17. The molecule has 0 aliphatic carbocycles. The zero-order valence-electron chi connectivity index (χ0n) is 11.2. The Morgan fingerprint density at radius 1 is 1.45 bits per heavy atom. The lowest BCUT2D eigenvalue weighted by Crippen LogP contribution is -2.25. The van der Waals surface area contributed by atoms with E-state index in [1.54, 1.807) is 6.07 Å². The van der Waals surface area contributed by atoms with Gasteiger partial charge in [-0.3, -0.25) is 10.1 Å². The van der Waals surface area contributed by atoms with Crippen molar-refractivity contribution in [2.24, 2.45) is 0 Å². The van der Waals surface area contributed by atoms with Gasteiger partial charge in [0, 0.05) is 37.5 Å². The Kier molecular flexibility index (Phi) is 4.24. The third-order valence-corrected chi connectivity index (χ3v) is 5.12. The molecule has 1 heterocycles. The summed E-state index contributed by atoms with van der Waals surface area (Å²) in [5.41, 5.74) is 1.34. The lowest BCUT2D eigenvalue weighted by atomic mass is 10.1. The minimum absolute atomic E-state index is 0.0294. The first-order valence-corrected chi connectivity index (χ1v) is 8.04. The molecule has 0 spiro atoms. The van der Waals surface area contributed by atoms with Crippen molar-refractivity contribution >= 4 is 21.4 Å². The summed E-state index contributed by atoms with van der Waals surface area (Å²) >= 11 is 0. The van der Waals surface area contributed by atoms with Crippen LogP contribution in [-0.4, -0.2) is 36.5 Å². The third-order valence-electron chi connectivity index (χ3n) is 3.22. The highest BCUT2D eigenvalue weighted by Crippen LogP contribution is 2.26. The molecule has 110 valence electrons. The van der Waals surface area contributed by atoms with E-state index >= 15 is 0 Å². The van der Waals surface area contributed by atoms with Crippen LogP contribution < -0.4 is 5.32 Å². The Morgan fingerprint density at radius 3 is 2.75 bits per heavy atom. The molecular weight excluding hydrogens is 282 g/mol. The molecule has 2 rings (SSSR count). The number of hydrogen-bond donors (Lipinski definition) is 1. The highest BCUT2D eigenvalue weighted by Gasteiger charge is 2.29. The lowest BCUT2D eigenvalue weighted by molar-refractivity contribution is -0.384. The highest BCUT2D eigenvalue weighted by molar-refractivity contribution is 7.89. The van der Waals surface area contributed by atoms with Crippen LogP contribution in [0.4, 0.5) is 11.4 Å². The number of non-ortho nitro benzene ring substituents is 1. The minimum Gasteiger partial charge on any atom is -0.385 e. The Labute approximate surface area is 117 Å². The van der Waals surface area contributed by atoms with E-state index in [4.69, 9.17) is 0 Å². The molecule has 0 amide bonds. The Balaban J connectivity index is 2.32. The molecule has 0 aromatic heterocycles. The molecule has 0 atom stereocenters. The first-order valence-electron chi connectivity index (χ1n) is 6.43. The number of anilines is 1. The van der Waals surface area contributed by atoms with E-state index < -0.39 is 14.9 Å². The van der Waals surface area contributed by atoms with Gasteiger partial charge < -0.3 is 5.32 Å². The van der Waals surface area contributed by atoms with Crippen molar-refractivity contribution in [3.05, 3.63) is 33.9 Å². The van der Waals surface area contributed by atoms with Crippen molar-refractivity contribution in [1.29, 1.82) is 0 Å². The topological polar surface area (TPSA) is 92.6 Å². The molecule has 1 aliphatic heterocycles. The van der Waals surface area contributed by atoms with Crippen molar-refractivity contribution in [1.82, 2.24) is 4.31 Å². The summed E-state index contributed by atoms with van der Waals surface area (Å²) in [5.74, 6) is 0.151. The second kappa shape index (κ2) is 5.76. The average molecular weight is 299 g/mol. The number of nitro benzene ring substituents is 1. The van der Waals surface area contributed by atoms with Gasteiger partial charge in [0.1, 0.15) is 0 Å². The number of nitrogens with zero attached hydrogens (tertiary/aromatic N) is 2. The van der Waals surface area contributed by atoms with Gasteiger partial charge >= 0.3 is 0 Å². The highest BCUT2D eigenvalue weighted by atomic mass is 32.2. The molecular formula is C12H17N3O4S. The van der Waals surface area contributed by atoms with E-state index in [0.717, 1.165) is 5.69 Å². The number of nitrogens with one attached hydrogen (secondary N) is 1. The largest absolute Gasteiger partial charge is 0.385 e. The summed E-state index contributed by atoms with van der Waals surface area (Å²) in [6, 6.07) is 4.48. The number of benzene rings is 1. The van der Waals surface area contributed by atoms with Gasteiger partial charge in [-0.2, -0.15) is 4.31 Å². The van der Waals surface area contributed by atoms with Gasteiger partial charge in [-0.05, 0) is 25.0 Å². The van der Waals surface area contributed by atoms with E-state index in [-0.39, 0.29) is 18.0 Å². The first-order chi connectivity index (χ1) is 9.44. The molecule has 1 saturated heterocycles. The van der Waals surface area contributed by atoms with E-state index in [1.807, 2.05) is 6.92 Å². The second-order valence-corrected chi connectivity index (χ2v) is 6.72. The van der Waals surface area contributed by atoms with Gasteiger partial charge in [0.25, 0.3) is 5.69 Å². The van der Waals surface area contributed by atoms with Crippen LogP contribution in [-0.2, 0) is 16.6 Å². The molecule has 0 saturated carbocycles. The number of sulfonamides is 1. The second-order valence-electron chi connectivity index (χ2n) is 4.63. The zero-order chi connectivity index (χ0) is 14.8. The fourth-order valence-corrected chi connectivity index (χ4v) is 3.74. The molecule has 8 heteroatoms. The summed E-state index contributed by atoms with van der Waals surface area (Å²) in [7, 11) is -3.21. The van der Waals surface area contributed by atoms with Crippen molar-refractivity contribution in [3.63, 3.8) is 0 Å². The molecule has 1 aliphatic rings. The van der Waals surface area contributed by atoms with Crippen LogP contribution in [0.5, 0.6) is 0 Å². The number of rotatable bonds is 5. The predicted octanol–water partition coefficient (Wildman–Crippen LogP) is 1.56. The van der Waals surface area contributed by atoms with Crippen LogP contribution in [0.1, 0.15) is 18.9 Å². The maximum Gasteiger partial charge on any atom is 0.269 e. The monoisotopic (exact) mass is 299 g/mol. The molecule has 1 aromatic rings. The van der Waals surface area contributed by atoms with Gasteiger partial charge in [0.05, 0.1) is 10.7 Å². The number of nitro groups is 1. The normalized spacial score (nSPS) is 18.1. The Hall–Kier alpha value is -1.67. The van der Waals surface area contributed by atoms with Gasteiger partial charge in [0.15, 0.2) is 0 Å². The van der Waals surface area contributed by atoms with Crippen LogP contribution in [0.25, 0.3) is 0 Å². The molecule has 0 unspecified atom stereocenters. The van der Waals surface area contributed by atoms with E-state index in [0.29, 0.717) is 25.1 Å². The van der Waals surface area contributed by atoms with Gasteiger partial charge in [-0.25, -0.2) is 8.42 Å². The molecule has 0 bridgehead atoms. The summed E-state index contributed by atoms with van der Waals surface area (Å²) in [5, 5.41) is 13.9. The first kappa shape index (κ1) is 14.7. The van der Waals surface area contributed by atoms with E-state index in [1.165, 1.54) is 16.4 Å². The molecule has 20 heavy (non-hydrogen) atoms. The standard InChI is InChI=1S/C12H17N3O4S/c1-2-13-12-5-4-11(15(16)17)8-10(12)9-14-6-3-7-20(14,18)19/h4-5,8,13H,2-3,6-7,9H2,1H3. The fourth-order valence-electron chi connectivity index (χ4n) is 2.25. The average Bonchev–Trinajstić information content (AvgIpc) is 2.71. The molecule has 1 N–H and O–H groups in total. The summed E-state index contributed by atoms with van der Waals surface area (Å²) in [6.07, 6.45) is 0.605. The molecule has 0 radical (unpaired) electrons. The number of hydrogen-bond acceptors (Lipinski definition) is 5. The quantitative estimate of drug-likeness (QED) is 0.658. The maximum absolute atomic E-state index is 11.8. The van der Waals surface area contributed by atoms with E-state index in [9.17, 15) is 18.5 Å². The van der Waals surface area contributed by atoms with Crippen LogP contribution in [0, 0.1) is 10.1 Å². The third kappa shape index (κ3) is 3.07. The molecule has 1 aromatic carbocycles. The zero-order valence-corrected chi connectivity index (χ0v) is 12.0. The van der Waals surface area contributed by atoms with E-state index in [2.05, 4.69) is 5.32 Å². The fraction of sp³-hybridized carbons (Fsp3) is 0.500. The Bertz CT molecular complexity index is 615. The molecule has 7 nitrogen and oxygen atoms in total. The summed E-state index contributed by atoms with van der Waals surface area (Å²) < 4.78 is 25.0. The predicted molar refractivity (Wildman–Crippen MR) is 76.1 cm³/mol. The van der Waals surface area contributed by atoms with Gasteiger partial charge in [-0.1, -0.05) is 0 Å². The van der Waals surface area contributed by atoms with Crippen molar-refractivity contribution < 1.29 is 13.3 Å². The van der Waals surface area contributed by atoms with Gasteiger partial charge in [-0.15, -0.1) is 0 Å². The summed E-state index contributed by atoms with van der Waals surface area (Å²) in [4.78, 5) is 10.4. The SMILES string of the molecule is CCNc1ccc([N+](=O)[O-])cc1CN1CCCS1(=O)=O. The van der Waals surface area contributed by atoms with Crippen LogP contribution in [0.3, 0.4) is 0 Å². The van der Waals surface area contributed by atoms with Crippen molar-refractivity contribution in [3.8, 4) is 0 Å². The van der Waals surface area contributed by atoms with Crippen molar-refractivity contribution in [2.75, 3.05) is 24.2 Å². The van der Waals surface area contributed by atoms with Gasteiger partial charge in [0.2, 0.25) is 10.0 Å². The minimum atomic E-state index is -3.21. The van der Waals surface area contributed by atoms with Crippen molar-refractivity contribution in [2.45, 2.75) is 19.9 Å². The van der Waals surface area contributed by atoms with Crippen LogP contribution >= 0.6 is 0 Å².